The number of carbonyl (C=O) groups is 2. The molecule has 0 aromatic heterocycles. The molecule has 11 atom stereocenters. The zero-order valence-electron chi connectivity index (χ0n) is 27.8. The van der Waals surface area contributed by atoms with Crippen molar-refractivity contribution < 1.29 is 98.0 Å². The maximum Gasteiger partial charge on any atom is 1.00 e. The Hall–Kier alpha value is -0.410. The topological polar surface area (TPSA) is 269 Å². The number of ether oxygens (including phenoxy) is 3. The van der Waals surface area contributed by atoms with Crippen LogP contribution in [-0.4, -0.2) is 148 Å². The molecule has 20 heteroatoms. The van der Waals surface area contributed by atoms with Gasteiger partial charge < -0.3 is 64.9 Å². The van der Waals surface area contributed by atoms with Crippen molar-refractivity contribution in [2.45, 2.75) is 120 Å². The number of thiol groups is 1. The number of aliphatic hydroxyl groups is 5. The van der Waals surface area contributed by atoms with E-state index < -0.39 is 99.9 Å². The van der Waals surface area contributed by atoms with Gasteiger partial charge in [-0.25, -0.2) is 0 Å². The molecule has 8 N–H and O–H groups in total. The van der Waals surface area contributed by atoms with E-state index in [-0.39, 0.29) is 42.1 Å². The molecule has 0 spiro atoms. The molecule has 0 aromatic rings. The van der Waals surface area contributed by atoms with Gasteiger partial charge in [-0.2, -0.15) is 12.6 Å². The summed E-state index contributed by atoms with van der Waals surface area (Å²) in [5.41, 5.74) is 0. The van der Waals surface area contributed by atoms with E-state index in [0.717, 1.165) is 44.8 Å². The van der Waals surface area contributed by atoms with Crippen LogP contribution < -0.4 is 45.3 Å². The Bertz CT molecular complexity index is 1050. The van der Waals surface area contributed by atoms with Gasteiger partial charge in [-0.1, -0.05) is 19.3 Å². The van der Waals surface area contributed by atoms with Crippen molar-refractivity contribution in [3.05, 3.63) is 0 Å². The van der Waals surface area contributed by atoms with Crippen LogP contribution in [0.3, 0.4) is 0 Å². The largest absolute Gasteiger partial charge is 1.00 e. The summed E-state index contributed by atoms with van der Waals surface area (Å²) in [6.07, 6.45) is -7.23. The quantitative estimate of drug-likeness (QED) is 0.0141. The van der Waals surface area contributed by atoms with Crippen LogP contribution in [0, 0.1) is 0 Å². The summed E-state index contributed by atoms with van der Waals surface area (Å²) < 4.78 is 35.1. The smallest absolute Gasteiger partial charge is 0.862 e. The number of hydrogen-bond donors (Lipinski definition) is 9. The molecule has 1 unspecified atom stereocenters. The summed E-state index contributed by atoms with van der Waals surface area (Å²) in [5.74, 6) is -0.529. The number of hydrogen-bond acceptors (Lipinski definition) is 15. The summed E-state index contributed by atoms with van der Waals surface area (Å²) in [4.78, 5) is 38.1. The number of amides is 2. The molecule has 0 aromatic carbocycles. The van der Waals surface area contributed by atoms with E-state index in [9.17, 15) is 49.7 Å². The molecular formula is C28H51N3NaO14PS. The van der Waals surface area contributed by atoms with Crippen molar-refractivity contribution in [2.75, 3.05) is 38.3 Å². The molecule has 17 nitrogen and oxygen atoms in total. The average Bonchev–Trinajstić information content (AvgIpc) is 3.00. The first kappa shape index (κ1) is 45.6. The van der Waals surface area contributed by atoms with Gasteiger partial charge in [0.1, 0.15) is 48.7 Å². The zero-order chi connectivity index (χ0) is 35.1. The van der Waals surface area contributed by atoms with E-state index in [2.05, 4.69) is 28.3 Å². The predicted molar refractivity (Wildman–Crippen MR) is 169 cm³/mol. The van der Waals surface area contributed by atoms with E-state index in [4.69, 9.17) is 18.7 Å². The fraction of sp³-hybridized carbons (Fsp3) is 0.893. The Balaban J connectivity index is 0.0000115. The van der Waals surface area contributed by atoms with Gasteiger partial charge in [-0.15, -0.1) is 0 Å². The summed E-state index contributed by atoms with van der Waals surface area (Å²) in [6.45, 7) is 1.12. The van der Waals surface area contributed by atoms with Gasteiger partial charge in [-0.3, -0.25) is 19.1 Å². The van der Waals surface area contributed by atoms with E-state index in [1.54, 1.807) is 0 Å². The van der Waals surface area contributed by atoms with Crippen molar-refractivity contribution in [3.63, 3.8) is 0 Å². The molecule has 2 aliphatic rings. The number of aliphatic imine (C=N–C) groups is 1. The molecule has 48 heavy (non-hydrogen) atoms. The first-order chi connectivity index (χ1) is 22.2. The van der Waals surface area contributed by atoms with Gasteiger partial charge in [0.15, 0.2) is 6.29 Å². The van der Waals surface area contributed by atoms with Crippen LogP contribution in [0.4, 0.5) is 0 Å². The number of aliphatic hydroxyl groups excluding tert-OH is 5. The monoisotopic (exact) mass is 739 g/mol. The summed E-state index contributed by atoms with van der Waals surface area (Å²) in [5, 5.41) is 68.4. The van der Waals surface area contributed by atoms with Crippen LogP contribution in [-0.2, 0) is 32.9 Å². The number of unbranched alkanes of at least 4 members (excludes halogenated alkanes) is 4. The van der Waals surface area contributed by atoms with Gasteiger partial charge in [0.05, 0.1) is 32.1 Å². The standard InChI is InChI=1S/C28H52N3O14PS.Na/c1-16(33)30-22-20(44-18(13-32)24(36)26(22)38)15-46(40,41)43-14-19-25(37)27(39)23(31-17(2)34)28(45-19)42-11-8-10-29-21(35)9-6-4-3-5-7-12-47;/h18-20,22-28,32,36-39,47H,3-15H2,1-2H3,(H,29,35)(H,30,33)(H,31,34)(H,40,41);/q;+1/p-1/t18-,19-,20-,22-,23+,24-,25-,26-,27-,28-;/m1./s1. The van der Waals surface area contributed by atoms with Gasteiger partial charge in [0.2, 0.25) is 11.8 Å². The Morgan fingerprint density at radius 1 is 0.938 bits per heavy atom. The van der Waals surface area contributed by atoms with Crippen LogP contribution in [0.15, 0.2) is 4.99 Å². The van der Waals surface area contributed by atoms with E-state index >= 15 is 0 Å². The number of nitrogens with zero attached hydrogens (tertiary/aromatic N) is 1. The second-order valence-corrected chi connectivity index (χ2v) is 14.0. The molecule has 0 radical (unpaired) electrons. The SMILES string of the molecule is CC(=O)N[C@@H]1[C@H](OCCCNC(=O)CCCCCCCS)O[C@H](COP(=O)(O)C[C@H]2O[C@H](CO)[C@@H](O)[C@H](O)[C@@H]2N=C(C)[O-])[C@@H](O)[C@@H]1O.[Na+]. The van der Waals surface area contributed by atoms with Crippen LogP contribution in [0.1, 0.15) is 58.8 Å². The number of carbonyl (C=O) groups excluding carboxylic acids is 2. The average molecular weight is 740 g/mol. The molecule has 2 fully saturated rings. The summed E-state index contributed by atoms with van der Waals surface area (Å²) >= 11 is 4.18. The second-order valence-electron chi connectivity index (χ2n) is 11.7. The van der Waals surface area contributed by atoms with E-state index in [1.165, 1.54) is 6.92 Å². The molecule has 0 saturated carbocycles. The van der Waals surface area contributed by atoms with Gasteiger partial charge in [0.25, 0.3) is 0 Å². The van der Waals surface area contributed by atoms with E-state index in [1.807, 2.05) is 0 Å². The maximum absolute atomic E-state index is 13.0. The molecule has 2 heterocycles. The second kappa shape index (κ2) is 23.2. The Morgan fingerprint density at radius 2 is 1.58 bits per heavy atom. The third-order valence-corrected chi connectivity index (χ3v) is 9.42. The third-order valence-electron chi connectivity index (χ3n) is 7.73. The minimum absolute atomic E-state index is 0. The van der Waals surface area contributed by atoms with Crippen LogP contribution in [0.2, 0.25) is 0 Å². The normalized spacial score (nSPS) is 32.1. The Labute approximate surface area is 308 Å². The van der Waals surface area contributed by atoms with Crippen LogP contribution in [0.5, 0.6) is 0 Å². The van der Waals surface area contributed by atoms with Crippen molar-refractivity contribution in [1.29, 1.82) is 0 Å². The molecule has 2 rings (SSSR count). The summed E-state index contributed by atoms with van der Waals surface area (Å²) in [7, 11) is -4.65. The fourth-order valence-electron chi connectivity index (χ4n) is 5.28. The molecule has 0 bridgehead atoms. The van der Waals surface area contributed by atoms with Crippen molar-refractivity contribution in [3.8, 4) is 0 Å². The number of nitrogens with one attached hydrogen (secondary N) is 2. The van der Waals surface area contributed by atoms with Crippen molar-refractivity contribution >= 4 is 37.9 Å². The Morgan fingerprint density at radius 3 is 2.21 bits per heavy atom. The van der Waals surface area contributed by atoms with Gasteiger partial charge >= 0.3 is 37.2 Å². The number of rotatable bonds is 20. The van der Waals surface area contributed by atoms with Crippen LogP contribution in [0.25, 0.3) is 0 Å². The maximum atomic E-state index is 13.0. The van der Waals surface area contributed by atoms with Crippen molar-refractivity contribution in [1.82, 2.24) is 10.6 Å². The van der Waals surface area contributed by atoms with Gasteiger partial charge in [-0.05, 0) is 37.8 Å². The van der Waals surface area contributed by atoms with Gasteiger partial charge in [0, 0.05) is 19.9 Å². The minimum Gasteiger partial charge on any atom is -0.862 e. The minimum atomic E-state index is -4.65. The molecular weight excluding hydrogens is 688 g/mol. The zero-order valence-corrected chi connectivity index (χ0v) is 31.5. The molecule has 2 aliphatic heterocycles. The fourth-order valence-corrected chi connectivity index (χ4v) is 6.75. The first-order valence-electron chi connectivity index (χ1n) is 15.8. The third kappa shape index (κ3) is 15.5. The molecule has 2 amide bonds. The molecule has 2 saturated heterocycles. The molecule has 0 aliphatic carbocycles. The molecule has 274 valence electrons. The predicted octanol–water partition coefficient (Wildman–Crippen LogP) is -5.43. The first-order valence-corrected chi connectivity index (χ1v) is 18.2. The Kier molecular flexibility index (Phi) is 22.1. The van der Waals surface area contributed by atoms with E-state index in [0.29, 0.717) is 19.4 Å². The van der Waals surface area contributed by atoms with Crippen LogP contribution >= 0.6 is 20.2 Å². The summed E-state index contributed by atoms with van der Waals surface area (Å²) in [6, 6.07) is -2.65. The van der Waals surface area contributed by atoms with Crippen molar-refractivity contribution in [2.24, 2.45) is 4.99 Å².